The van der Waals surface area contributed by atoms with Crippen molar-refractivity contribution in [1.29, 1.82) is 0 Å². The number of aliphatic hydroxyl groups excluding tert-OH is 1. The predicted molar refractivity (Wildman–Crippen MR) is 136 cm³/mol. The van der Waals surface area contributed by atoms with Crippen LogP contribution in [0.25, 0.3) is 0 Å². The zero-order valence-electron chi connectivity index (χ0n) is 21.0. The van der Waals surface area contributed by atoms with E-state index in [-0.39, 0.29) is 38.7 Å². The first-order valence-electron chi connectivity index (χ1n) is 12.7. The number of hydrogen-bond donors (Lipinski definition) is 1. The number of rotatable bonds is 6. The minimum atomic E-state index is -0.376. The smallest absolute Gasteiger partial charge is 0.269 e. The van der Waals surface area contributed by atoms with Crippen molar-refractivity contribution in [2.45, 2.75) is 24.2 Å². The van der Waals surface area contributed by atoms with Gasteiger partial charge in [0.05, 0.1) is 16.5 Å². The lowest BCUT2D eigenvalue weighted by atomic mass is 9.87. The van der Waals surface area contributed by atoms with Crippen LogP contribution in [-0.2, 0) is 10.8 Å². The summed E-state index contributed by atoms with van der Waals surface area (Å²) in [6.07, 6.45) is 1.08. The highest BCUT2D eigenvalue weighted by molar-refractivity contribution is 5.46. The topological polar surface area (TPSA) is 113 Å². The number of nitro benzene ring substituents is 2. The lowest BCUT2D eigenvalue weighted by Gasteiger charge is -2.23. The third kappa shape index (κ3) is 3.72. The first-order valence-corrected chi connectivity index (χ1v) is 12.7. The number of hydrogen-bond acceptors (Lipinski definition) is 7. The van der Waals surface area contributed by atoms with E-state index in [1.165, 1.54) is 11.6 Å². The molecule has 192 valence electrons. The van der Waals surface area contributed by atoms with Gasteiger partial charge >= 0.3 is 0 Å². The highest BCUT2D eigenvalue weighted by Gasteiger charge is 2.68. The summed E-state index contributed by atoms with van der Waals surface area (Å²) >= 11 is 0. The van der Waals surface area contributed by atoms with E-state index in [1.54, 1.807) is 24.3 Å². The third-order valence-electron chi connectivity index (χ3n) is 9.47. The molecule has 2 unspecified atom stereocenters. The molecule has 2 aliphatic heterocycles. The average molecular weight is 495 g/mol. The lowest BCUT2D eigenvalue weighted by Crippen LogP contribution is -2.29. The molecule has 9 nitrogen and oxygen atoms in total. The molecule has 6 atom stereocenters. The Labute approximate surface area is 211 Å². The van der Waals surface area contributed by atoms with Gasteiger partial charge in [-0.05, 0) is 55.3 Å². The van der Waals surface area contributed by atoms with Crippen molar-refractivity contribution >= 4 is 11.4 Å². The van der Waals surface area contributed by atoms with Crippen LogP contribution in [0, 0.1) is 43.9 Å². The van der Waals surface area contributed by atoms with Crippen molar-refractivity contribution in [1.82, 2.24) is 9.80 Å². The van der Waals surface area contributed by atoms with Gasteiger partial charge in [0.2, 0.25) is 0 Å². The molecule has 4 fully saturated rings. The molecule has 2 heterocycles. The zero-order valence-corrected chi connectivity index (χ0v) is 21.0. The Hall–Kier alpha value is -2.88. The van der Waals surface area contributed by atoms with Gasteiger partial charge in [-0.2, -0.15) is 0 Å². The van der Waals surface area contributed by atoms with Crippen LogP contribution in [0.1, 0.15) is 24.5 Å². The number of fused-ring (bicyclic) bond motifs is 2. The molecule has 0 radical (unpaired) electrons. The Morgan fingerprint density at radius 2 is 1.19 bits per heavy atom. The van der Waals surface area contributed by atoms with Crippen LogP contribution in [0.15, 0.2) is 48.5 Å². The summed E-state index contributed by atoms with van der Waals surface area (Å²) in [5.41, 5.74) is 2.39. The highest BCUT2D eigenvalue weighted by Crippen LogP contribution is 2.65. The van der Waals surface area contributed by atoms with Crippen LogP contribution in [0.5, 0.6) is 0 Å². The number of nitrogens with zero attached hydrogens (tertiary/aromatic N) is 4. The Morgan fingerprint density at radius 3 is 1.56 bits per heavy atom. The Balaban J connectivity index is 0.000000148. The second-order valence-electron chi connectivity index (χ2n) is 11.1. The fourth-order valence-corrected chi connectivity index (χ4v) is 7.59. The monoisotopic (exact) mass is 494 g/mol. The molecule has 2 aromatic rings. The highest BCUT2D eigenvalue weighted by atomic mass is 16.6. The second-order valence-corrected chi connectivity index (χ2v) is 11.1. The Kier molecular flexibility index (Phi) is 6.13. The van der Waals surface area contributed by atoms with E-state index in [9.17, 15) is 25.3 Å². The molecule has 2 aromatic carbocycles. The summed E-state index contributed by atoms with van der Waals surface area (Å²) in [6, 6.07) is 14.0. The molecular formula is C27H34N4O5. The molecule has 6 rings (SSSR count). The molecular weight excluding hydrogens is 460 g/mol. The van der Waals surface area contributed by atoms with Gasteiger partial charge in [0.15, 0.2) is 0 Å². The number of benzene rings is 2. The van der Waals surface area contributed by atoms with E-state index in [4.69, 9.17) is 0 Å². The van der Waals surface area contributed by atoms with Gasteiger partial charge in [0.1, 0.15) is 0 Å². The second kappa shape index (κ2) is 8.90. The van der Waals surface area contributed by atoms with Gasteiger partial charge in [-0.25, -0.2) is 0 Å². The molecule has 36 heavy (non-hydrogen) atoms. The minimum Gasteiger partial charge on any atom is -0.395 e. The standard InChI is InChI=1S/C14H18N2O2.C13H16N2O3/c1-3-14(12-8-15(2)9-13(12)14)10-5-4-6-11(7-10)16(17)18;1-14-6-11-12(7-14)13(11,8-16)9-3-2-4-10(5-9)15(17)18/h4-7,12-13H,3,8-9H2,1-2H3;2-5,11-12,16H,6-8H2,1H3/t12-,13+,14?;11-,12+,13?. The molecule has 0 aromatic heterocycles. The van der Waals surface area contributed by atoms with E-state index in [0.29, 0.717) is 23.7 Å². The SMILES string of the molecule is CCC1(c2cccc([N+](=O)[O-])c2)[C@@H]2CN(C)C[C@@H]21.CN1C[C@@H]2[C@H](C1)C2(CO)c1cccc([N+](=O)[O-])c1. The molecule has 0 spiro atoms. The van der Waals surface area contributed by atoms with Crippen LogP contribution in [-0.4, -0.2) is 71.6 Å². The quantitative estimate of drug-likeness (QED) is 0.483. The van der Waals surface area contributed by atoms with Gasteiger partial charge < -0.3 is 14.9 Å². The van der Waals surface area contributed by atoms with Crippen molar-refractivity contribution < 1.29 is 15.0 Å². The summed E-state index contributed by atoms with van der Waals surface area (Å²) in [4.78, 5) is 25.6. The number of piperidine rings is 2. The summed E-state index contributed by atoms with van der Waals surface area (Å²) in [5, 5.41) is 31.5. The van der Waals surface area contributed by atoms with E-state index >= 15 is 0 Å². The van der Waals surface area contributed by atoms with Crippen molar-refractivity contribution in [3.05, 3.63) is 79.9 Å². The number of nitro groups is 2. The van der Waals surface area contributed by atoms with Gasteiger partial charge in [0.25, 0.3) is 11.4 Å². The summed E-state index contributed by atoms with van der Waals surface area (Å²) < 4.78 is 0. The summed E-state index contributed by atoms with van der Waals surface area (Å²) in [5.74, 6) is 2.26. The Morgan fingerprint density at radius 1 is 0.806 bits per heavy atom. The van der Waals surface area contributed by atoms with Gasteiger partial charge in [-0.15, -0.1) is 0 Å². The maximum Gasteiger partial charge on any atom is 0.269 e. The van der Waals surface area contributed by atoms with Gasteiger partial charge in [0, 0.05) is 61.3 Å². The molecule has 0 bridgehead atoms. The third-order valence-corrected chi connectivity index (χ3v) is 9.47. The number of likely N-dealkylation sites (tertiary alicyclic amines) is 2. The summed E-state index contributed by atoms with van der Waals surface area (Å²) in [7, 11) is 4.22. The summed E-state index contributed by atoms with van der Waals surface area (Å²) in [6.45, 7) is 6.47. The molecule has 4 aliphatic rings. The first-order chi connectivity index (χ1) is 17.2. The van der Waals surface area contributed by atoms with Crippen LogP contribution >= 0.6 is 0 Å². The molecule has 9 heteroatoms. The average Bonchev–Trinajstić information content (AvgIpc) is 3.48. The van der Waals surface area contributed by atoms with Crippen LogP contribution in [0.4, 0.5) is 11.4 Å². The maximum atomic E-state index is 10.9. The molecule has 2 saturated heterocycles. The van der Waals surface area contributed by atoms with Crippen molar-refractivity contribution in [2.75, 3.05) is 46.9 Å². The molecule has 2 aliphatic carbocycles. The zero-order chi connectivity index (χ0) is 25.8. The first kappa shape index (κ1) is 24.8. The van der Waals surface area contributed by atoms with E-state index in [2.05, 4.69) is 36.9 Å². The fourth-order valence-electron chi connectivity index (χ4n) is 7.59. The van der Waals surface area contributed by atoms with Crippen molar-refractivity contribution in [2.24, 2.45) is 23.7 Å². The van der Waals surface area contributed by atoms with E-state index in [0.717, 1.165) is 38.2 Å². The molecule has 0 amide bonds. The molecule has 1 N–H and O–H groups in total. The number of non-ortho nitro benzene ring substituents is 2. The Bertz CT molecular complexity index is 1070. The largest absolute Gasteiger partial charge is 0.395 e. The molecule has 2 saturated carbocycles. The van der Waals surface area contributed by atoms with Gasteiger partial charge in [-0.1, -0.05) is 31.2 Å². The minimum absolute atomic E-state index is 0.0807. The van der Waals surface area contributed by atoms with Gasteiger partial charge in [-0.3, -0.25) is 20.2 Å². The number of aliphatic hydroxyl groups is 1. The van der Waals surface area contributed by atoms with E-state index < -0.39 is 0 Å². The van der Waals surface area contributed by atoms with Crippen LogP contribution < -0.4 is 0 Å². The van der Waals surface area contributed by atoms with Crippen LogP contribution in [0.2, 0.25) is 0 Å². The normalized spacial score (nSPS) is 34.3. The lowest BCUT2D eigenvalue weighted by molar-refractivity contribution is -0.385. The van der Waals surface area contributed by atoms with Crippen molar-refractivity contribution in [3.8, 4) is 0 Å². The van der Waals surface area contributed by atoms with E-state index in [1.807, 2.05) is 12.1 Å². The van der Waals surface area contributed by atoms with Crippen molar-refractivity contribution in [3.63, 3.8) is 0 Å². The maximum absolute atomic E-state index is 10.9. The fraction of sp³-hybridized carbons (Fsp3) is 0.556. The predicted octanol–water partition coefficient (Wildman–Crippen LogP) is 3.45. The van der Waals surface area contributed by atoms with Crippen LogP contribution in [0.3, 0.4) is 0 Å².